The summed E-state index contributed by atoms with van der Waals surface area (Å²) in [6, 6.07) is 8.59. The first-order chi connectivity index (χ1) is 11.1. The zero-order valence-electron chi connectivity index (χ0n) is 13.3. The van der Waals surface area contributed by atoms with E-state index in [0.29, 0.717) is 12.8 Å². The third kappa shape index (κ3) is 2.44. The quantitative estimate of drug-likeness (QED) is 0.901. The van der Waals surface area contributed by atoms with E-state index < -0.39 is 5.97 Å². The minimum Gasteiger partial charge on any atom is -0.481 e. The first-order valence-corrected chi connectivity index (χ1v) is 8.72. The largest absolute Gasteiger partial charge is 0.481 e. The average Bonchev–Trinajstić information content (AvgIpc) is 3.06. The summed E-state index contributed by atoms with van der Waals surface area (Å²) in [5.74, 6) is -0.805. The number of amides is 1. The van der Waals surface area contributed by atoms with Crippen LogP contribution < -0.4 is 5.32 Å². The maximum Gasteiger partial charge on any atom is 0.306 e. The molecule has 1 spiro atoms. The Hall–Kier alpha value is -1.84. The molecule has 1 aromatic rings. The molecule has 2 fully saturated rings. The number of hydrogen-bond acceptors (Lipinski definition) is 2. The molecule has 2 saturated carbocycles. The van der Waals surface area contributed by atoms with E-state index in [9.17, 15) is 9.59 Å². The van der Waals surface area contributed by atoms with Gasteiger partial charge in [0.15, 0.2) is 0 Å². The van der Waals surface area contributed by atoms with Crippen molar-refractivity contribution >= 4 is 11.9 Å². The van der Waals surface area contributed by atoms with Crippen LogP contribution in [0.1, 0.15) is 49.7 Å². The van der Waals surface area contributed by atoms with Crippen molar-refractivity contribution in [2.75, 3.05) is 0 Å². The number of fused-ring (bicyclic) bond motifs is 2. The second-order valence-electron chi connectivity index (χ2n) is 7.48. The predicted molar refractivity (Wildman–Crippen MR) is 86.1 cm³/mol. The van der Waals surface area contributed by atoms with E-state index in [2.05, 4.69) is 29.6 Å². The van der Waals surface area contributed by atoms with Crippen molar-refractivity contribution in [3.8, 4) is 0 Å². The molecule has 0 heterocycles. The van der Waals surface area contributed by atoms with Crippen LogP contribution in [-0.4, -0.2) is 23.0 Å². The molecule has 1 aromatic carbocycles. The lowest BCUT2D eigenvalue weighted by atomic mass is 9.78. The predicted octanol–water partition coefficient (Wildman–Crippen LogP) is 2.65. The second kappa shape index (κ2) is 5.36. The summed E-state index contributed by atoms with van der Waals surface area (Å²) >= 11 is 0. The fourth-order valence-corrected chi connectivity index (χ4v) is 4.81. The van der Waals surface area contributed by atoms with Crippen molar-refractivity contribution in [2.24, 2.45) is 11.8 Å². The maximum atomic E-state index is 12.7. The SMILES string of the molecule is O=C(N[C@@H]1CC[C@H](C(=O)O)C1)C1CC12CCCc1ccccc12. The number of carbonyl (C=O) groups excluding carboxylic acids is 1. The van der Waals surface area contributed by atoms with Crippen molar-refractivity contribution in [1.82, 2.24) is 5.32 Å². The fourth-order valence-electron chi connectivity index (χ4n) is 4.81. The molecule has 0 saturated heterocycles. The van der Waals surface area contributed by atoms with Crippen LogP contribution in [0.5, 0.6) is 0 Å². The average molecular weight is 313 g/mol. The zero-order valence-corrected chi connectivity index (χ0v) is 13.3. The van der Waals surface area contributed by atoms with Gasteiger partial charge in [-0.3, -0.25) is 9.59 Å². The molecule has 4 atom stereocenters. The van der Waals surface area contributed by atoms with Crippen LogP contribution in [0.3, 0.4) is 0 Å². The zero-order chi connectivity index (χ0) is 16.0. The van der Waals surface area contributed by atoms with Gasteiger partial charge in [0, 0.05) is 17.4 Å². The van der Waals surface area contributed by atoms with Gasteiger partial charge in [-0.15, -0.1) is 0 Å². The summed E-state index contributed by atoms with van der Waals surface area (Å²) in [4.78, 5) is 23.7. The van der Waals surface area contributed by atoms with E-state index in [4.69, 9.17) is 5.11 Å². The van der Waals surface area contributed by atoms with Crippen molar-refractivity contribution in [2.45, 2.75) is 56.4 Å². The first-order valence-electron chi connectivity index (χ1n) is 8.72. The highest BCUT2D eigenvalue weighted by molar-refractivity contribution is 5.85. The van der Waals surface area contributed by atoms with Crippen LogP contribution in [0.15, 0.2) is 24.3 Å². The number of aryl methyl sites for hydroxylation is 1. The number of nitrogens with one attached hydrogen (secondary N) is 1. The van der Waals surface area contributed by atoms with Crippen LogP contribution in [0.4, 0.5) is 0 Å². The lowest BCUT2D eigenvalue weighted by Gasteiger charge is -2.26. The fraction of sp³-hybridized carbons (Fsp3) is 0.579. The molecule has 0 aliphatic heterocycles. The molecule has 4 nitrogen and oxygen atoms in total. The summed E-state index contributed by atoms with van der Waals surface area (Å²) < 4.78 is 0. The van der Waals surface area contributed by atoms with Crippen molar-refractivity contribution < 1.29 is 14.7 Å². The summed E-state index contributed by atoms with van der Waals surface area (Å²) in [7, 11) is 0. The third-order valence-electron chi connectivity index (χ3n) is 6.14. The van der Waals surface area contributed by atoms with Gasteiger partial charge in [-0.25, -0.2) is 0 Å². The van der Waals surface area contributed by atoms with E-state index in [-0.39, 0.29) is 29.2 Å². The van der Waals surface area contributed by atoms with Crippen molar-refractivity contribution in [3.63, 3.8) is 0 Å². The normalized spacial score (nSPS) is 34.9. The minimum absolute atomic E-state index is 0.0417. The van der Waals surface area contributed by atoms with Gasteiger partial charge in [0.1, 0.15) is 0 Å². The van der Waals surface area contributed by atoms with E-state index >= 15 is 0 Å². The number of aliphatic carboxylic acids is 1. The topological polar surface area (TPSA) is 66.4 Å². The highest BCUT2D eigenvalue weighted by Crippen LogP contribution is 2.60. The molecule has 0 bridgehead atoms. The molecule has 0 radical (unpaired) electrons. The standard InChI is InChI=1S/C19H23NO3/c21-17(20-14-8-7-13(10-14)18(22)23)16-11-19(16)9-3-5-12-4-1-2-6-15(12)19/h1-2,4,6,13-14,16H,3,5,7-11H2,(H,20,21)(H,22,23)/t13-,14+,16?,19?/m0/s1. The van der Waals surface area contributed by atoms with Crippen LogP contribution in [-0.2, 0) is 21.4 Å². The summed E-state index contributed by atoms with van der Waals surface area (Å²) in [6.45, 7) is 0. The molecule has 4 heteroatoms. The number of carboxylic acid groups (broad SMARTS) is 1. The Morgan fingerprint density at radius 1 is 1.22 bits per heavy atom. The number of hydrogen-bond donors (Lipinski definition) is 2. The summed E-state index contributed by atoms with van der Waals surface area (Å²) in [5.41, 5.74) is 2.84. The monoisotopic (exact) mass is 313 g/mol. The van der Waals surface area contributed by atoms with Gasteiger partial charge in [0.2, 0.25) is 5.91 Å². The molecule has 3 aliphatic rings. The number of carbonyl (C=O) groups is 2. The highest BCUT2D eigenvalue weighted by Gasteiger charge is 2.60. The van der Waals surface area contributed by atoms with Gasteiger partial charge >= 0.3 is 5.97 Å². The van der Waals surface area contributed by atoms with Crippen molar-refractivity contribution in [3.05, 3.63) is 35.4 Å². The van der Waals surface area contributed by atoms with Crippen LogP contribution in [0.25, 0.3) is 0 Å². The highest BCUT2D eigenvalue weighted by atomic mass is 16.4. The Morgan fingerprint density at radius 3 is 2.83 bits per heavy atom. The molecule has 122 valence electrons. The molecule has 4 rings (SSSR count). The molecule has 0 aromatic heterocycles. The second-order valence-corrected chi connectivity index (χ2v) is 7.48. The van der Waals surface area contributed by atoms with Gasteiger partial charge in [0.25, 0.3) is 0 Å². The number of benzene rings is 1. The third-order valence-corrected chi connectivity index (χ3v) is 6.14. The number of rotatable bonds is 3. The molecule has 2 N–H and O–H groups in total. The number of carboxylic acids is 1. The van der Waals surface area contributed by atoms with Gasteiger partial charge in [0.05, 0.1) is 5.92 Å². The Morgan fingerprint density at radius 2 is 2.04 bits per heavy atom. The Bertz CT molecular complexity index is 656. The van der Waals surface area contributed by atoms with E-state index in [1.807, 2.05) is 0 Å². The Kier molecular flexibility index (Phi) is 3.43. The van der Waals surface area contributed by atoms with Gasteiger partial charge < -0.3 is 10.4 Å². The molecule has 1 amide bonds. The molecule has 2 unspecified atom stereocenters. The summed E-state index contributed by atoms with van der Waals surface area (Å²) in [5, 5.41) is 12.2. The maximum absolute atomic E-state index is 12.7. The van der Waals surface area contributed by atoms with Crippen molar-refractivity contribution in [1.29, 1.82) is 0 Å². The first kappa shape index (κ1) is 14.7. The minimum atomic E-state index is -0.731. The van der Waals surface area contributed by atoms with E-state index in [1.54, 1.807) is 0 Å². The molecule has 3 aliphatic carbocycles. The molecule has 23 heavy (non-hydrogen) atoms. The van der Waals surface area contributed by atoms with Gasteiger partial charge in [-0.2, -0.15) is 0 Å². The van der Waals surface area contributed by atoms with E-state index in [0.717, 1.165) is 32.1 Å². The molecular formula is C19H23NO3. The Balaban J connectivity index is 1.44. The van der Waals surface area contributed by atoms with Crippen LogP contribution in [0, 0.1) is 11.8 Å². The lowest BCUT2D eigenvalue weighted by Crippen LogP contribution is -2.36. The van der Waals surface area contributed by atoms with Crippen LogP contribution >= 0.6 is 0 Å². The van der Waals surface area contributed by atoms with Gasteiger partial charge in [-0.1, -0.05) is 24.3 Å². The van der Waals surface area contributed by atoms with Gasteiger partial charge in [-0.05, 0) is 56.1 Å². The van der Waals surface area contributed by atoms with Crippen LogP contribution in [0.2, 0.25) is 0 Å². The lowest BCUT2D eigenvalue weighted by molar-refractivity contribution is -0.141. The Labute approximate surface area is 136 Å². The molecular weight excluding hydrogens is 290 g/mol. The summed E-state index contributed by atoms with van der Waals surface area (Å²) in [6.07, 6.45) is 6.38. The smallest absolute Gasteiger partial charge is 0.306 e. The van der Waals surface area contributed by atoms with E-state index in [1.165, 1.54) is 11.1 Å².